The molecule has 2 heterocycles. The van der Waals surface area contributed by atoms with Crippen molar-refractivity contribution < 1.29 is 9.53 Å². The van der Waals surface area contributed by atoms with Crippen molar-refractivity contribution in [1.82, 2.24) is 9.80 Å². The number of piperazine rings is 1. The number of nitrogens with zero attached hydrogens (tertiary/aromatic N) is 2. The van der Waals surface area contributed by atoms with Gasteiger partial charge in [-0.1, -0.05) is 0 Å². The molecule has 1 saturated heterocycles. The Labute approximate surface area is 117 Å². The van der Waals surface area contributed by atoms with Gasteiger partial charge in [-0.05, 0) is 20.0 Å². The van der Waals surface area contributed by atoms with Crippen LogP contribution in [-0.4, -0.2) is 62.1 Å². The Morgan fingerprint density at radius 2 is 2.11 bits per heavy atom. The number of nitrogen functional groups attached to an aromatic ring is 1. The zero-order valence-corrected chi connectivity index (χ0v) is 12.3. The number of ether oxygens (including phenoxy) is 1. The van der Waals surface area contributed by atoms with Gasteiger partial charge < -0.3 is 15.4 Å². The molecule has 0 unspecified atom stereocenters. The number of carbonyl (C=O) groups excluding carboxylic acids is 1. The number of esters is 1. The highest BCUT2D eigenvalue weighted by Crippen LogP contribution is 2.23. The van der Waals surface area contributed by atoms with Gasteiger partial charge in [-0.3, -0.25) is 4.90 Å². The monoisotopic (exact) mass is 283 g/mol. The second-order valence-corrected chi connectivity index (χ2v) is 6.16. The largest absolute Gasteiger partial charge is 0.460 e. The first-order valence-corrected chi connectivity index (χ1v) is 7.32. The molecule has 0 amide bonds. The molecule has 2 rings (SSSR count). The van der Waals surface area contributed by atoms with Gasteiger partial charge in [0.25, 0.3) is 0 Å². The standard InChI is InChI=1S/C13H21N3O2S/c1-10-11(14)9-12(19-10)13(17)18-8-7-16-5-3-15(2)4-6-16/h9H,3-8,14H2,1-2H3. The van der Waals surface area contributed by atoms with Crippen LogP contribution in [0.5, 0.6) is 0 Å². The van der Waals surface area contributed by atoms with E-state index in [-0.39, 0.29) is 5.97 Å². The van der Waals surface area contributed by atoms with Crippen molar-refractivity contribution in [3.63, 3.8) is 0 Å². The SMILES string of the molecule is Cc1sc(C(=O)OCCN2CCN(C)CC2)cc1N. The van der Waals surface area contributed by atoms with Crippen LogP contribution in [0, 0.1) is 6.92 Å². The van der Waals surface area contributed by atoms with Crippen LogP contribution < -0.4 is 5.73 Å². The third-order valence-electron chi connectivity index (χ3n) is 3.39. The lowest BCUT2D eigenvalue weighted by atomic mass is 10.3. The zero-order valence-electron chi connectivity index (χ0n) is 11.5. The molecule has 0 radical (unpaired) electrons. The van der Waals surface area contributed by atoms with Gasteiger partial charge in [0, 0.05) is 43.3 Å². The highest BCUT2D eigenvalue weighted by molar-refractivity contribution is 7.14. The summed E-state index contributed by atoms with van der Waals surface area (Å²) >= 11 is 1.39. The van der Waals surface area contributed by atoms with Crippen molar-refractivity contribution in [2.24, 2.45) is 0 Å². The van der Waals surface area contributed by atoms with Crippen LogP contribution in [0.4, 0.5) is 5.69 Å². The minimum atomic E-state index is -0.265. The summed E-state index contributed by atoms with van der Waals surface area (Å²) in [6.07, 6.45) is 0. The first-order chi connectivity index (χ1) is 9.06. The highest BCUT2D eigenvalue weighted by Gasteiger charge is 2.15. The Bertz CT molecular complexity index is 420. The maximum absolute atomic E-state index is 11.8. The quantitative estimate of drug-likeness (QED) is 0.837. The van der Waals surface area contributed by atoms with E-state index in [0.717, 1.165) is 37.6 Å². The summed E-state index contributed by atoms with van der Waals surface area (Å²) < 4.78 is 5.29. The Hall–Kier alpha value is -1.11. The smallest absolute Gasteiger partial charge is 0.348 e. The summed E-state index contributed by atoms with van der Waals surface area (Å²) in [6, 6.07) is 1.69. The Balaban J connectivity index is 1.72. The van der Waals surface area contributed by atoms with Crippen LogP contribution in [0.3, 0.4) is 0 Å². The fourth-order valence-electron chi connectivity index (χ4n) is 2.01. The molecule has 1 aromatic heterocycles. The van der Waals surface area contributed by atoms with E-state index in [2.05, 4.69) is 16.8 Å². The minimum absolute atomic E-state index is 0.265. The number of aryl methyl sites for hydroxylation is 1. The second kappa shape index (κ2) is 6.36. The molecule has 5 nitrogen and oxygen atoms in total. The van der Waals surface area contributed by atoms with Crippen molar-refractivity contribution >= 4 is 23.0 Å². The topological polar surface area (TPSA) is 58.8 Å². The van der Waals surface area contributed by atoms with Crippen LogP contribution in [-0.2, 0) is 4.74 Å². The van der Waals surface area contributed by atoms with Crippen molar-refractivity contribution in [2.45, 2.75) is 6.92 Å². The first-order valence-electron chi connectivity index (χ1n) is 6.50. The minimum Gasteiger partial charge on any atom is -0.460 e. The van der Waals surface area contributed by atoms with E-state index in [1.807, 2.05) is 6.92 Å². The maximum Gasteiger partial charge on any atom is 0.348 e. The molecule has 1 aliphatic heterocycles. The normalized spacial score (nSPS) is 17.6. The second-order valence-electron chi connectivity index (χ2n) is 4.90. The van der Waals surface area contributed by atoms with E-state index in [1.54, 1.807) is 6.07 Å². The lowest BCUT2D eigenvalue weighted by Crippen LogP contribution is -2.45. The molecule has 0 bridgehead atoms. The zero-order chi connectivity index (χ0) is 13.8. The van der Waals surface area contributed by atoms with Gasteiger partial charge in [0.2, 0.25) is 0 Å². The molecule has 2 N–H and O–H groups in total. The lowest BCUT2D eigenvalue weighted by molar-refractivity contribution is 0.0438. The fourth-order valence-corrected chi connectivity index (χ4v) is 2.84. The number of hydrogen-bond acceptors (Lipinski definition) is 6. The predicted octanol–water partition coefficient (Wildman–Crippen LogP) is 1.04. The van der Waals surface area contributed by atoms with Crippen molar-refractivity contribution in [3.05, 3.63) is 15.8 Å². The van der Waals surface area contributed by atoms with Gasteiger partial charge in [0.05, 0.1) is 0 Å². The Morgan fingerprint density at radius 3 is 2.68 bits per heavy atom. The number of rotatable bonds is 4. The third kappa shape index (κ3) is 3.92. The van der Waals surface area contributed by atoms with Crippen molar-refractivity contribution in [2.75, 3.05) is 52.1 Å². The van der Waals surface area contributed by atoms with E-state index in [9.17, 15) is 4.79 Å². The maximum atomic E-state index is 11.8. The summed E-state index contributed by atoms with van der Waals surface area (Å²) in [6.45, 7) is 7.39. The molecule has 1 aliphatic rings. The van der Waals surface area contributed by atoms with E-state index in [4.69, 9.17) is 10.5 Å². The lowest BCUT2D eigenvalue weighted by Gasteiger charge is -2.31. The molecule has 106 valence electrons. The number of likely N-dealkylation sites (N-methyl/N-ethyl adjacent to an activating group) is 1. The van der Waals surface area contributed by atoms with E-state index >= 15 is 0 Å². The van der Waals surface area contributed by atoms with E-state index in [1.165, 1.54) is 11.3 Å². The van der Waals surface area contributed by atoms with E-state index in [0.29, 0.717) is 17.2 Å². The molecule has 6 heteroatoms. The van der Waals surface area contributed by atoms with Gasteiger partial charge >= 0.3 is 5.97 Å². The molecule has 0 atom stereocenters. The van der Waals surface area contributed by atoms with Gasteiger partial charge in [-0.15, -0.1) is 11.3 Å². The van der Waals surface area contributed by atoms with Crippen LogP contribution >= 0.6 is 11.3 Å². The number of carbonyl (C=O) groups is 1. The van der Waals surface area contributed by atoms with Crippen LogP contribution in [0.1, 0.15) is 14.5 Å². The summed E-state index contributed by atoms with van der Waals surface area (Å²) in [4.78, 5) is 18.0. The molecule has 19 heavy (non-hydrogen) atoms. The average molecular weight is 283 g/mol. The van der Waals surface area contributed by atoms with E-state index < -0.39 is 0 Å². The highest BCUT2D eigenvalue weighted by atomic mass is 32.1. The van der Waals surface area contributed by atoms with Crippen LogP contribution in [0.25, 0.3) is 0 Å². The number of thiophene rings is 1. The van der Waals surface area contributed by atoms with Crippen LogP contribution in [0.15, 0.2) is 6.07 Å². The molecule has 1 fully saturated rings. The summed E-state index contributed by atoms with van der Waals surface area (Å²) in [5, 5.41) is 0. The fraction of sp³-hybridized carbons (Fsp3) is 0.615. The van der Waals surface area contributed by atoms with Crippen molar-refractivity contribution in [1.29, 1.82) is 0 Å². The molecule has 1 aromatic rings. The first kappa shape index (κ1) is 14.3. The van der Waals surface area contributed by atoms with Gasteiger partial charge in [-0.2, -0.15) is 0 Å². The molecule has 0 saturated carbocycles. The molecule has 0 aromatic carbocycles. The predicted molar refractivity (Wildman–Crippen MR) is 77.7 cm³/mol. The van der Waals surface area contributed by atoms with Gasteiger partial charge in [0.1, 0.15) is 11.5 Å². The summed E-state index contributed by atoms with van der Waals surface area (Å²) in [7, 11) is 2.13. The molecular formula is C13H21N3O2S. The molecule has 0 spiro atoms. The average Bonchev–Trinajstić information content (AvgIpc) is 2.72. The summed E-state index contributed by atoms with van der Waals surface area (Å²) in [5.74, 6) is -0.265. The third-order valence-corrected chi connectivity index (χ3v) is 4.44. The number of hydrogen-bond donors (Lipinski definition) is 1. The van der Waals surface area contributed by atoms with Gasteiger partial charge in [-0.25, -0.2) is 4.79 Å². The molecule has 0 aliphatic carbocycles. The Morgan fingerprint density at radius 1 is 1.42 bits per heavy atom. The van der Waals surface area contributed by atoms with Gasteiger partial charge in [0.15, 0.2) is 0 Å². The number of nitrogens with two attached hydrogens (primary N) is 1. The Kier molecular flexibility index (Phi) is 4.79. The van der Waals surface area contributed by atoms with Crippen molar-refractivity contribution in [3.8, 4) is 0 Å². The summed E-state index contributed by atoms with van der Waals surface area (Å²) in [5.41, 5.74) is 6.39. The van der Waals surface area contributed by atoms with Crippen LogP contribution in [0.2, 0.25) is 0 Å². The number of anilines is 1. The molecular weight excluding hydrogens is 262 g/mol.